The average Bonchev–Trinajstić information content (AvgIpc) is 3.62. The quantitative estimate of drug-likeness (QED) is 0.490. The van der Waals surface area contributed by atoms with E-state index in [9.17, 15) is 13.7 Å². The first-order valence-corrected chi connectivity index (χ1v) is 14.0. The molecule has 4 aliphatic rings. The molecule has 1 unspecified atom stereocenters. The van der Waals surface area contributed by atoms with E-state index in [1.54, 1.807) is 16.8 Å². The number of carbonyl (C=O) groups is 1. The normalized spacial score (nSPS) is 24.8. The molecule has 2 saturated heterocycles. The number of hydrogen-bond donors (Lipinski definition) is 0. The Labute approximate surface area is 217 Å². The predicted molar refractivity (Wildman–Crippen MR) is 134 cm³/mol. The molecule has 3 aliphatic heterocycles. The van der Waals surface area contributed by atoms with E-state index in [1.807, 2.05) is 17.0 Å². The van der Waals surface area contributed by atoms with Crippen LogP contribution in [-0.4, -0.2) is 81.6 Å². The molecule has 3 aromatic rings. The highest BCUT2D eigenvalue weighted by Gasteiger charge is 2.49. The average molecular weight is 523 g/mol. The van der Waals surface area contributed by atoms with E-state index in [0.717, 1.165) is 45.0 Å². The van der Waals surface area contributed by atoms with Crippen LogP contribution in [-0.2, 0) is 32.9 Å². The Kier molecular flexibility index (Phi) is 5.82. The molecule has 2 aromatic carbocycles. The highest BCUT2D eigenvalue weighted by molar-refractivity contribution is 7.90. The summed E-state index contributed by atoms with van der Waals surface area (Å²) in [6.45, 7) is 5.14. The van der Waals surface area contributed by atoms with Crippen molar-refractivity contribution in [1.29, 1.82) is 0 Å². The van der Waals surface area contributed by atoms with Gasteiger partial charge in [-0.15, -0.1) is 0 Å². The minimum Gasteiger partial charge on any atom is -0.611 e. The van der Waals surface area contributed by atoms with Gasteiger partial charge in [0.25, 0.3) is 5.91 Å². The lowest BCUT2D eigenvalue weighted by atomic mass is 10.0. The third-order valence-corrected chi connectivity index (χ3v) is 9.05. The van der Waals surface area contributed by atoms with E-state index in [2.05, 4.69) is 17.0 Å². The number of morpholine rings is 2. The van der Waals surface area contributed by atoms with Crippen LogP contribution >= 0.6 is 0 Å². The predicted octanol–water partition coefficient (Wildman–Crippen LogP) is 2.75. The van der Waals surface area contributed by atoms with E-state index in [0.29, 0.717) is 35.7 Å². The van der Waals surface area contributed by atoms with Gasteiger partial charge in [-0.3, -0.25) is 9.69 Å². The fraction of sp³-hybridized carbons (Fsp3) is 0.407. The van der Waals surface area contributed by atoms with Gasteiger partial charge in [-0.2, -0.15) is 5.10 Å². The molecule has 1 aromatic heterocycles. The van der Waals surface area contributed by atoms with Gasteiger partial charge >= 0.3 is 0 Å². The summed E-state index contributed by atoms with van der Waals surface area (Å²) in [5.74, 6) is -0.624. The number of benzene rings is 2. The van der Waals surface area contributed by atoms with Crippen LogP contribution < -0.4 is 0 Å². The van der Waals surface area contributed by atoms with Gasteiger partial charge < -0.3 is 18.9 Å². The van der Waals surface area contributed by atoms with E-state index >= 15 is 0 Å². The minimum atomic E-state index is -1.61. The summed E-state index contributed by atoms with van der Waals surface area (Å²) in [5.41, 5.74) is 4.01. The summed E-state index contributed by atoms with van der Waals surface area (Å²) in [4.78, 5) is 18.1. The van der Waals surface area contributed by atoms with Crippen LogP contribution in [0.2, 0.25) is 0 Å². The van der Waals surface area contributed by atoms with Crippen LogP contribution in [0.5, 0.6) is 0 Å². The molecule has 1 amide bonds. The molecule has 7 rings (SSSR count). The van der Waals surface area contributed by atoms with Gasteiger partial charge in [-0.1, -0.05) is 18.2 Å². The van der Waals surface area contributed by atoms with E-state index in [-0.39, 0.29) is 28.7 Å². The minimum absolute atomic E-state index is 0.0535. The zero-order valence-corrected chi connectivity index (χ0v) is 21.1. The Hall–Kier alpha value is -2.76. The van der Waals surface area contributed by atoms with Crippen molar-refractivity contribution in [1.82, 2.24) is 19.6 Å². The number of halogens is 1. The molecule has 4 heterocycles. The maximum absolute atomic E-state index is 14.8. The van der Waals surface area contributed by atoms with Crippen LogP contribution in [0.3, 0.4) is 0 Å². The number of rotatable bonds is 4. The first-order valence-electron chi connectivity index (χ1n) is 12.7. The Bertz CT molecular complexity index is 1360. The molecule has 3 fully saturated rings. The first kappa shape index (κ1) is 23.4. The second-order valence-corrected chi connectivity index (χ2v) is 11.3. The molecule has 192 valence electrons. The Balaban J connectivity index is 1.30. The second kappa shape index (κ2) is 9.21. The van der Waals surface area contributed by atoms with Crippen LogP contribution in [0.15, 0.2) is 47.4 Å². The Morgan fingerprint density at radius 1 is 1.11 bits per heavy atom. The molecular formula is C27H27FN4O4S. The smallest absolute Gasteiger partial charge is 0.275 e. The van der Waals surface area contributed by atoms with Crippen molar-refractivity contribution in [2.45, 2.75) is 35.8 Å². The Morgan fingerprint density at radius 2 is 1.92 bits per heavy atom. The number of fused-ring (bicyclic) bond motifs is 4. The van der Waals surface area contributed by atoms with Crippen molar-refractivity contribution < 1.29 is 23.2 Å². The van der Waals surface area contributed by atoms with Gasteiger partial charge in [0.15, 0.2) is 16.4 Å². The molecule has 1 aliphatic carbocycles. The summed E-state index contributed by atoms with van der Waals surface area (Å²) in [6, 6.07) is 12.9. The van der Waals surface area contributed by atoms with E-state index < -0.39 is 17.0 Å². The maximum atomic E-state index is 14.8. The van der Waals surface area contributed by atoms with Crippen LogP contribution in [0.1, 0.15) is 28.0 Å². The van der Waals surface area contributed by atoms with Crippen molar-refractivity contribution in [2.24, 2.45) is 0 Å². The fourth-order valence-electron chi connectivity index (χ4n) is 5.64. The van der Waals surface area contributed by atoms with E-state index in [4.69, 9.17) is 14.6 Å². The summed E-state index contributed by atoms with van der Waals surface area (Å²) in [6.07, 6.45) is 0.928. The number of ether oxygens (including phenoxy) is 2. The van der Waals surface area contributed by atoms with Crippen LogP contribution in [0.25, 0.3) is 16.9 Å². The van der Waals surface area contributed by atoms with Gasteiger partial charge in [0.2, 0.25) is 0 Å². The molecule has 0 bridgehead atoms. The van der Waals surface area contributed by atoms with Crippen LogP contribution in [0.4, 0.5) is 4.39 Å². The van der Waals surface area contributed by atoms with Gasteiger partial charge in [0.05, 0.1) is 54.5 Å². The SMILES string of the molecule is O=C(c1nn(-c2ccc(CN3CCOCC3)cc2)c2c1C[S+]([O-])c1c(F)cccc1-2)N1CCO[C@H]2C[C@H]21. The maximum Gasteiger partial charge on any atom is 0.275 e. The molecule has 0 radical (unpaired) electrons. The number of nitrogens with zero attached hydrogens (tertiary/aromatic N) is 4. The number of amides is 1. The lowest BCUT2D eigenvalue weighted by molar-refractivity contribution is 0.0258. The number of hydrogen-bond acceptors (Lipinski definition) is 6. The van der Waals surface area contributed by atoms with E-state index in [1.165, 1.54) is 11.6 Å². The van der Waals surface area contributed by atoms with Crippen LogP contribution in [0, 0.1) is 5.82 Å². The second-order valence-electron chi connectivity index (χ2n) is 9.96. The molecule has 8 nitrogen and oxygen atoms in total. The van der Waals surface area contributed by atoms with Gasteiger partial charge in [-0.25, -0.2) is 9.07 Å². The molecular weight excluding hydrogens is 495 g/mol. The summed E-state index contributed by atoms with van der Waals surface area (Å²) in [7, 11) is 0. The number of aromatic nitrogens is 2. The third-order valence-electron chi connectivity index (χ3n) is 7.63. The zero-order chi connectivity index (χ0) is 25.1. The molecule has 0 spiro atoms. The highest BCUT2D eigenvalue weighted by atomic mass is 32.2. The van der Waals surface area contributed by atoms with Crippen molar-refractivity contribution >= 4 is 17.1 Å². The van der Waals surface area contributed by atoms with Gasteiger partial charge in [0.1, 0.15) is 5.75 Å². The van der Waals surface area contributed by atoms with Gasteiger partial charge in [-0.05, 0) is 47.4 Å². The monoisotopic (exact) mass is 522 g/mol. The number of carbonyl (C=O) groups excluding carboxylic acids is 1. The summed E-state index contributed by atoms with van der Waals surface area (Å²) < 4.78 is 40.8. The summed E-state index contributed by atoms with van der Waals surface area (Å²) in [5, 5.41) is 4.80. The van der Waals surface area contributed by atoms with Crippen molar-refractivity contribution in [3.63, 3.8) is 0 Å². The molecule has 37 heavy (non-hydrogen) atoms. The highest BCUT2D eigenvalue weighted by Crippen LogP contribution is 2.43. The third kappa shape index (κ3) is 4.07. The van der Waals surface area contributed by atoms with Gasteiger partial charge in [0, 0.05) is 26.2 Å². The van der Waals surface area contributed by atoms with Crippen molar-refractivity contribution in [3.8, 4) is 16.9 Å². The summed E-state index contributed by atoms with van der Waals surface area (Å²) >= 11 is -1.61. The van der Waals surface area contributed by atoms with Crippen molar-refractivity contribution in [3.05, 3.63) is 65.1 Å². The standard InChI is InChI=1S/C27H27FN4O4S/c28-21-3-1-2-19-25-20(16-37(34)26(19)21)24(27(33)31-10-13-36-23-14-22(23)31)29-32(25)18-6-4-17(5-7-18)15-30-8-11-35-12-9-30/h1-7,22-23H,8-16H2/t22-,23+,37?/m1/s1. The van der Waals surface area contributed by atoms with Crippen molar-refractivity contribution in [2.75, 3.05) is 39.5 Å². The topological polar surface area (TPSA) is 82.9 Å². The lowest BCUT2D eigenvalue weighted by Crippen LogP contribution is -2.41. The zero-order valence-electron chi connectivity index (χ0n) is 20.3. The molecule has 10 heteroatoms. The Morgan fingerprint density at radius 3 is 2.73 bits per heavy atom. The fourth-order valence-corrected chi connectivity index (χ4v) is 7.01. The molecule has 0 N–H and O–H groups in total. The first-order chi connectivity index (χ1) is 18.1. The molecule has 1 saturated carbocycles. The molecule has 3 atom stereocenters. The largest absolute Gasteiger partial charge is 0.611 e. The lowest BCUT2D eigenvalue weighted by Gasteiger charge is -2.26.